The first kappa shape index (κ1) is 32.6. The Bertz CT molecular complexity index is 736. The third-order valence-corrected chi connectivity index (χ3v) is 5.18. The van der Waals surface area contributed by atoms with Gasteiger partial charge < -0.3 is 15.6 Å². The van der Waals surface area contributed by atoms with Gasteiger partial charge in [0.05, 0.1) is 12.4 Å². The second-order valence-corrected chi connectivity index (χ2v) is 9.15. The molecule has 0 aliphatic carbocycles. The Kier molecular flexibility index (Phi) is 16.4. The Morgan fingerprint density at radius 1 is 0.906 bits per heavy atom. The molecule has 0 rings (SSSR count). The van der Waals surface area contributed by atoms with Gasteiger partial charge in [0.2, 0.25) is 0 Å². The molecule has 0 saturated carbocycles. The van der Waals surface area contributed by atoms with Gasteiger partial charge in [-0.3, -0.25) is 9.35 Å². The number of esters is 3. The van der Waals surface area contributed by atoms with Crippen LogP contribution in [0.3, 0.4) is 0 Å². The van der Waals surface area contributed by atoms with Crippen LogP contribution in [0.4, 0.5) is 0 Å². The van der Waals surface area contributed by atoms with Crippen molar-refractivity contribution in [2.24, 2.45) is 5.41 Å². The van der Waals surface area contributed by atoms with Gasteiger partial charge in [-0.25, -0.2) is 9.59 Å². The van der Waals surface area contributed by atoms with Gasteiger partial charge in [-0.2, -0.15) is 8.42 Å². The van der Waals surface area contributed by atoms with Gasteiger partial charge in [-0.05, 0) is 26.7 Å². The number of unbranched alkanes of at least 4 members (excludes halogenated alkanes) is 3. The first-order valence-electron chi connectivity index (χ1n) is 10.1. The zero-order valence-electron chi connectivity index (χ0n) is 20.6. The van der Waals surface area contributed by atoms with Crippen LogP contribution >= 0.6 is 0 Å². The molecule has 0 aliphatic rings. The largest absolute Gasteiger partial charge is 1.00 e. The zero-order chi connectivity index (χ0) is 24.1. The van der Waals surface area contributed by atoms with E-state index in [1.807, 2.05) is 6.92 Å². The molecule has 9 nitrogen and oxygen atoms in total. The number of rotatable bonds is 16. The van der Waals surface area contributed by atoms with E-state index in [9.17, 15) is 22.8 Å². The normalized spacial score (nSPS) is 11.1. The number of carbonyl (C=O) groups is 3. The Hall–Kier alpha value is -1.60. The average molecular weight is 471 g/mol. The molecule has 0 spiro atoms. The fourth-order valence-corrected chi connectivity index (χ4v) is 2.99. The summed E-state index contributed by atoms with van der Waals surface area (Å²) < 4.78 is 46.1. The maximum Gasteiger partial charge on any atom is 1.00 e. The van der Waals surface area contributed by atoms with Gasteiger partial charge in [0.15, 0.2) is 0 Å². The van der Waals surface area contributed by atoms with E-state index in [1.54, 1.807) is 0 Å². The number of hydrogen-bond acceptors (Lipinski definition) is 8. The Labute approximate surface area is 204 Å². The summed E-state index contributed by atoms with van der Waals surface area (Å²) in [6, 6.07) is 0. The van der Waals surface area contributed by atoms with Crippen LogP contribution in [0.5, 0.6) is 0 Å². The van der Waals surface area contributed by atoms with Crippen molar-refractivity contribution in [1.29, 1.82) is 0 Å². The summed E-state index contributed by atoms with van der Waals surface area (Å²) in [4.78, 5) is 36.8. The van der Waals surface area contributed by atoms with Gasteiger partial charge in [-0.15, -0.1) is 0 Å². The van der Waals surface area contributed by atoms with Crippen molar-refractivity contribution in [2.75, 3.05) is 25.6 Å². The minimum absolute atomic E-state index is 0. The summed E-state index contributed by atoms with van der Waals surface area (Å²) in [5.41, 5.74) is -1.19. The van der Waals surface area contributed by atoms with Crippen molar-refractivity contribution in [1.82, 2.24) is 0 Å². The molecule has 0 bridgehead atoms. The quantitative estimate of drug-likeness (QED) is 0.0834. The summed E-state index contributed by atoms with van der Waals surface area (Å²) in [6.07, 6.45) is 3.38. The summed E-state index contributed by atoms with van der Waals surface area (Å²) in [5, 5.41) is 0. The molecular formula is C21H35LiO9S. The van der Waals surface area contributed by atoms with Crippen LogP contribution < -0.4 is 18.9 Å². The fraction of sp³-hybridized carbons (Fsp3) is 0.667. The van der Waals surface area contributed by atoms with E-state index < -0.39 is 52.4 Å². The molecular weight excluding hydrogens is 435 g/mol. The van der Waals surface area contributed by atoms with Gasteiger partial charge in [0.25, 0.3) is 10.1 Å². The molecule has 1 N–H and O–H groups in total. The van der Waals surface area contributed by atoms with E-state index in [0.717, 1.165) is 19.3 Å². The molecule has 0 heterocycles. The summed E-state index contributed by atoms with van der Waals surface area (Å²) in [6.45, 7) is 10.9. The minimum atomic E-state index is -4.19. The predicted molar refractivity (Wildman–Crippen MR) is 116 cm³/mol. The molecule has 32 heavy (non-hydrogen) atoms. The summed E-state index contributed by atoms with van der Waals surface area (Å²) >= 11 is 0. The van der Waals surface area contributed by atoms with Crippen molar-refractivity contribution >= 4 is 28.0 Å². The van der Waals surface area contributed by atoms with Gasteiger partial charge >= 0.3 is 36.8 Å². The van der Waals surface area contributed by atoms with Crippen molar-refractivity contribution in [2.45, 2.75) is 59.3 Å². The molecule has 0 unspecified atom stereocenters. The molecule has 0 saturated heterocycles. The molecule has 0 radical (unpaired) electrons. The molecule has 0 aromatic carbocycles. The first-order valence-corrected chi connectivity index (χ1v) is 11.7. The van der Waals surface area contributed by atoms with Crippen molar-refractivity contribution in [3.05, 3.63) is 24.3 Å². The Morgan fingerprint density at radius 2 is 1.41 bits per heavy atom. The maximum absolute atomic E-state index is 13.0. The Balaban J connectivity index is -0.00000450. The van der Waals surface area contributed by atoms with Crippen molar-refractivity contribution < 1.29 is 61.9 Å². The predicted octanol–water partition coefficient (Wildman–Crippen LogP) is 0.119. The SMILES string of the molecule is C=C(C)C(=O)OCC(CCCCCC)(COC(=O)C(=C)C)C(=O)OCCCS(=O)(=O)O.[H-].[Li+]. The van der Waals surface area contributed by atoms with E-state index in [1.165, 1.54) is 13.8 Å². The van der Waals surface area contributed by atoms with E-state index in [-0.39, 0.29) is 50.9 Å². The average Bonchev–Trinajstić information content (AvgIpc) is 2.68. The number of carbonyl (C=O) groups excluding carboxylic acids is 3. The van der Waals surface area contributed by atoms with Gasteiger partial charge in [0, 0.05) is 11.1 Å². The third kappa shape index (κ3) is 13.7. The maximum atomic E-state index is 13.0. The van der Waals surface area contributed by atoms with Crippen LogP contribution in [-0.4, -0.2) is 56.5 Å². The number of hydrogen-bond donors (Lipinski definition) is 1. The van der Waals surface area contributed by atoms with Crippen LogP contribution in [0.1, 0.15) is 60.7 Å². The molecule has 0 aromatic rings. The monoisotopic (exact) mass is 470 g/mol. The molecule has 0 fully saturated rings. The van der Waals surface area contributed by atoms with E-state index in [0.29, 0.717) is 6.42 Å². The van der Waals surface area contributed by atoms with Crippen molar-refractivity contribution in [3.63, 3.8) is 0 Å². The molecule has 0 aromatic heterocycles. The smallest absolute Gasteiger partial charge is 1.00 e. The van der Waals surface area contributed by atoms with Crippen molar-refractivity contribution in [3.8, 4) is 0 Å². The molecule has 0 amide bonds. The van der Waals surface area contributed by atoms with Crippen LogP contribution in [0.25, 0.3) is 0 Å². The fourth-order valence-electron chi connectivity index (χ4n) is 2.51. The second kappa shape index (κ2) is 16.1. The standard InChI is InChI=1S/C21H34O9S.Li.H/c1-6-7-8-9-11-21(14-29-18(22)16(2)3,15-30-19(23)17(4)5)20(24)28-12-10-13-31(25,26)27;;/h2,4,6-15H2,1,3,5H3,(H,25,26,27);;/q;+1;-1. The zero-order valence-corrected chi connectivity index (χ0v) is 20.4. The van der Waals surface area contributed by atoms with Crippen LogP contribution in [-0.2, 0) is 38.7 Å². The van der Waals surface area contributed by atoms with Crippen LogP contribution in [0.15, 0.2) is 24.3 Å². The minimum Gasteiger partial charge on any atom is -1.00 e. The van der Waals surface area contributed by atoms with E-state index in [4.69, 9.17) is 18.8 Å². The molecule has 180 valence electrons. The second-order valence-electron chi connectivity index (χ2n) is 7.58. The summed E-state index contributed by atoms with van der Waals surface area (Å²) in [5.74, 6) is -2.77. The van der Waals surface area contributed by atoms with E-state index >= 15 is 0 Å². The molecule has 0 aliphatic heterocycles. The molecule has 11 heteroatoms. The van der Waals surface area contributed by atoms with Gasteiger partial charge in [-0.1, -0.05) is 45.8 Å². The molecule has 0 atom stereocenters. The van der Waals surface area contributed by atoms with Gasteiger partial charge in [0.1, 0.15) is 18.6 Å². The first-order chi connectivity index (χ1) is 14.3. The van der Waals surface area contributed by atoms with Crippen LogP contribution in [0.2, 0.25) is 0 Å². The third-order valence-electron chi connectivity index (χ3n) is 4.38. The number of ether oxygens (including phenoxy) is 3. The van der Waals surface area contributed by atoms with Crippen LogP contribution in [0, 0.1) is 5.41 Å². The van der Waals surface area contributed by atoms with E-state index in [2.05, 4.69) is 13.2 Å². The Morgan fingerprint density at radius 3 is 1.81 bits per heavy atom. The summed E-state index contributed by atoms with van der Waals surface area (Å²) in [7, 11) is -4.19. The topological polar surface area (TPSA) is 133 Å².